The average molecular weight is 230 g/mol. The van der Waals surface area contributed by atoms with Gasteiger partial charge in [0.05, 0.1) is 5.92 Å². The summed E-state index contributed by atoms with van der Waals surface area (Å²) >= 11 is 0. The van der Waals surface area contributed by atoms with E-state index in [-0.39, 0.29) is 5.92 Å². The van der Waals surface area contributed by atoms with E-state index in [0.29, 0.717) is 5.91 Å². The van der Waals surface area contributed by atoms with E-state index in [0.717, 1.165) is 38.2 Å². The molecular weight excluding hydrogens is 212 g/mol. The molecule has 1 aromatic rings. The maximum absolute atomic E-state index is 12.3. The summed E-state index contributed by atoms with van der Waals surface area (Å²) in [6.45, 7) is 4.68. The van der Waals surface area contributed by atoms with Crippen molar-refractivity contribution < 1.29 is 4.79 Å². The van der Waals surface area contributed by atoms with Crippen molar-refractivity contribution in [2.24, 2.45) is 5.92 Å². The molecule has 17 heavy (non-hydrogen) atoms. The third-order valence-corrected chi connectivity index (χ3v) is 3.75. The van der Waals surface area contributed by atoms with Gasteiger partial charge in [-0.3, -0.25) is 4.79 Å². The number of anilines is 1. The third-order valence-electron chi connectivity index (χ3n) is 3.75. The van der Waals surface area contributed by atoms with Gasteiger partial charge in [0.25, 0.3) is 0 Å². The van der Waals surface area contributed by atoms with Crippen molar-refractivity contribution in [3.8, 4) is 0 Å². The molecule has 0 bridgehead atoms. The second kappa shape index (κ2) is 4.15. The highest BCUT2D eigenvalue weighted by molar-refractivity contribution is 5.97. The van der Waals surface area contributed by atoms with E-state index in [9.17, 15) is 4.79 Å². The van der Waals surface area contributed by atoms with Crippen LogP contribution in [0.3, 0.4) is 0 Å². The molecule has 1 amide bonds. The second-order valence-electron chi connectivity index (χ2n) is 5.08. The van der Waals surface area contributed by atoms with Gasteiger partial charge in [0.2, 0.25) is 5.91 Å². The number of nitrogens with zero attached hydrogens (tertiary/aromatic N) is 1. The quantitative estimate of drug-likeness (QED) is 0.793. The molecule has 2 heterocycles. The lowest BCUT2D eigenvalue weighted by molar-refractivity contribution is -0.123. The Morgan fingerprint density at radius 3 is 2.94 bits per heavy atom. The Kier molecular flexibility index (Phi) is 2.63. The number of amides is 1. The smallest absolute Gasteiger partial charge is 0.232 e. The average Bonchev–Trinajstić information content (AvgIpc) is 2.25. The number of hydrogen-bond acceptors (Lipinski definition) is 2. The van der Waals surface area contributed by atoms with Crippen LogP contribution in [0.2, 0.25) is 0 Å². The van der Waals surface area contributed by atoms with Crippen LogP contribution in [0.15, 0.2) is 18.2 Å². The topological polar surface area (TPSA) is 32.3 Å². The van der Waals surface area contributed by atoms with Gasteiger partial charge in [0.1, 0.15) is 0 Å². The summed E-state index contributed by atoms with van der Waals surface area (Å²) in [7, 11) is 0. The molecule has 1 aromatic carbocycles. The number of hydrogen-bond donors (Lipinski definition) is 1. The van der Waals surface area contributed by atoms with Crippen LogP contribution in [0.5, 0.6) is 0 Å². The predicted molar refractivity (Wildman–Crippen MR) is 68.2 cm³/mol. The number of nitrogens with one attached hydrogen (secondary N) is 1. The van der Waals surface area contributed by atoms with Crippen LogP contribution < -0.4 is 10.2 Å². The summed E-state index contributed by atoms with van der Waals surface area (Å²) in [5, 5.41) is 3.17. The highest BCUT2D eigenvalue weighted by Crippen LogP contribution is 2.29. The lowest BCUT2D eigenvalue weighted by atomic mass is 9.96. The summed E-state index contributed by atoms with van der Waals surface area (Å²) in [6, 6.07) is 6.42. The van der Waals surface area contributed by atoms with E-state index in [1.807, 2.05) is 4.90 Å². The first-order valence-corrected chi connectivity index (χ1v) is 6.37. The Labute approximate surface area is 102 Å². The lowest BCUT2D eigenvalue weighted by Gasteiger charge is -2.35. The molecule has 0 aromatic heterocycles. The number of aryl methyl sites for hydroxylation is 2. The Balaban J connectivity index is 1.90. The fourth-order valence-electron chi connectivity index (χ4n) is 2.64. The number of benzene rings is 1. The van der Waals surface area contributed by atoms with Crippen LogP contribution >= 0.6 is 0 Å². The first-order chi connectivity index (χ1) is 8.25. The molecule has 3 heteroatoms. The minimum atomic E-state index is 0.197. The van der Waals surface area contributed by atoms with E-state index in [1.165, 1.54) is 11.1 Å². The van der Waals surface area contributed by atoms with E-state index in [4.69, 9.17) is 0 Å². The van der Waals surface area contributed by atoms with Gasteiger partial charge in [-0.15, -0.1) is 0 Å². The van der Waals surface area contributed by atoms with Crippen molar-refractivity contribution in [2.75, 3.05) is 24.5 Å². The maximum Gasteiger partial charge on any atom is 0.232 e. The minimum Gasteiger partial charge on any atom is -0.315 e. The van der Waals surface area contributed by atoms with Crippen LogP contribution in [0.1, 0.15) is 17.5 Å². The molecule has 0 radical (unpaired) electrons. The van der Waals surface area contributed by atoms with Gasteiger partial charge in [-0.1, -0.05) is 17.7 Å². The highest BCUT2D eigenvalue weighted by atomic mass is 16.2. The zero-order valence-corrected chi connectivity index (χ0v) is 10.2. The lowest BCUT2D eigenvalue weighted by Crippen LogP contribution is -2.53. The molecule has 3 rings (SSSR count). The Morgan fingerprint density at radius 2 is 2.24 bits per heavy atom. The van der Waals surface area contributed by atoms with Gasteiger partial charge in [-0.2, -0.15) is 0 Å². The third kappa shape index (κ3) is 1.84. The zero-order valence-electron chi connectivity index (χ0n) is 10.2. The van der Waals surface area contributed by atoms with Crippen LogP contribution in [-0.4, -0.2) is 25.5 Å². The zero-order chi connectivity index (χ0) is 11.8. The van der Waals surface area contributed by atoms with Gasteiger partial charge in [-0.25, -0.2) is 0 Å². The van der Waals surface area contributed by atoms with Crippen molar-refractivity contribution >= 4 is 11.6 Å². The Bertz CT molecular complexity index is 452. The first-order valence-electron chi connectivity index (χ1n) is 6.37. The van der Waals surface area contributed by atoms with E-state index in [1.54, 1.807) is 0 Å². The van der Waals surface area contributed by atoms with E-state index >= 15 is 0 Å². The van der Waals surface area contributed by atoms with E-state index in [2.05, 4.69) is 30.4 Å². The number of rotatable bonds is 1. The Hall–Kier alpha value is -1.35. The standard InChI is InChI=1S/C14H18N2O/c1-10-4-5-13-11(7-10)3-2-6-16(13)14(17)12-8-15-9-12/h4-5,7,12,15H,2-3,6,8-9H2,1H3. The van der Waals surface area contributed by atoms with Crippen LogP contribution in [0.4, 0.5) is 5.69 Å². The van der Waals surface area contributed by atoms with Crippen molar-refractivity contribution in [3.63, 3.8) is 0 Å². The van der Waals surface area contributed by atoms with Crippen LogP contribution in [0.25, 0.3) is 0 Å². The molecule has 0 unspecified atom stereocenters. The first kappa shape index (κ1) is 10.8. The summed E-state index contributed by atoms with van der Waals surface area (Å²) in [5.74, 6) is 0.496. The molecule has 1 saturated heterocycles. The molecule has 3 nitrogen and oxygen atoms in total. The summed E-state index contributed by atoms with van der Waals surface area (Å²) in [4.78, 5) is 14.3. The van der Waals surface area contributed by atoms with Gasteiger partial charge in [0, 0.05) is 25.3 Å². The van der Waals surface area contributed by atoms with Gasteiger partial charge < -0.3 is 10.2 Å². The summed E-state index contributed by atoms with van der Waals surface area (Å²) < 4.78 is 0. The minimum absolute atomic E-state index is 0.197. The molecule has 0 spiro atoms. The molecule has 0 saturated carbocycles. The van der Waals surface area contributed by atoms with Crippen molar-refractivity contribution in [3.05, 3.63) is 29.3 Å². The van der Waals surface area contributed by atoms with E-state index < -0.39 is 0 Å². The monoisotopic (exact) mass is 230 g/mol. The number of fused-ring (bicyclic) bond motifs is 1. The summed E-state index contributed by atoms with van der Waals surface area (Å²) in [5.41, 5.74) is 3.75. The molecule has 90 valence electrons. The maximum atomic E-state index is 12.3. The van der Waals surface area contributed by atoms with Crippen molar-refractivity contribution in [2.45, 2.75) is 19.8 Å². The van der Waals surface area contributed by atoms with Crippen LogP contribution in [0, 0.1) is 12.8 Å². The normalized spacial score (nSPS) is 19.7. The number of carbonyl (C=O) groups excluding carboxylic acids is 1. The van der Waals surface area contributed by atoms with Gasteiger partial charge in [-0.05, 0) is 31.4 Å². The van der Waals surface area contributed by atoms with Gasteiger partial charge in [0.15, 0.2) is 0 Å². The molecule has 2 aliphatic rings. The summed E-state index contributed by atoms with van der Waals surface area (Å²) in [6.07, 6.45) is 2.19. The SMILES string of the molecule is Cc1ccc2c(c1)CCCN2C(=O)C1CNC1. The van der Waals surface area contributed by atoms with Crippen LogP contribution in [-0.2, 0) is 11.2 Å². The van der Waals surface area contributed by atoms with Crippen molar-refractivity contribution in [1.29, 1.82) is 0 Å². The molecule has 1 fully saturated rings. The molecule has 1 N–H and O–H groups in total. The van der Waals surface area contributed by atoms with Crippen molar-refractivity contribution in [1.82, 2.24) is 5.32 Å². The second-order valence-corrected chi connectivity index (χ2v) is 5.08. The van der Waals surface area contributed by atoms with Gasteiger partial charge >= 0.3 is 0 Å². The largest absolute Gasteiger partial charge is 0.315 e. The molecule has 2 aliphatic heterocycles. The molecule has 0 atom stereocenters. The molecular formula is C14H18N2O. The highest BCUT2D eigenvalue weighted by Gasteiger charge is 2.31. The molecule has 0 aliphatic carbocycles. The fraction of sp³-hybridized carbons (Fsp3) is 0.500. The fourth-order valence-corrected chi connectivity index (χ4v) is 2.64. The Morgan fingerprint density at radius 1 is 1.41 bits per heavy atom. The number of carbonyl (C=O) groups is 1. The predicted octanol–water partition coefficient (Wildman–Crippen LogP) is 1.49.